The summed E-state index contributed by atoms with van der Waals surface area (Å²) in [5.41, 5.74) is 4.53. The molecule has 0 aliphatic carbocycles. The average Bonchev–Trinajstić information content (AvgIpc) is 3.08. The van der Waals surface area contributed by atoms with Crippen molar-refractivity contribution in [2.24, 2.45) is 7.05 Å². The number of anilines is 1. The van der Waals surface area contributed by atoms with Crippen molar-refractivity contribution in [1.29, 1.82) is 0 Å². The van der Waals surface area contributed by atoms with E-state index in [9.17, 15) is 4.79 Å². The summed E-state index contributed by atoms with van der Waals surface area (Å²) < 4.78 is 1.96. The van der Waals surface area contributed by atoms with Crippen LogP contribution in [0.25, 0.3) is 11.4 Å². The van der Waals surface area contributed by atoms with Crippen molar-refractivity contribution >= 4 is 23.4 Å². The van der Waals surface area contributed by atoms with Gasteiger partial charge in [0.1, 0.15) is 0 Å². The summed E-state index contributed by atoms with van der Waals surface area (Å²) in [4.78, 5) is 15.1. The minimum atomic E-state index is -0.236. The summed E-state index contributed by atoms with van der Waals surface area (Å²) >= 11 is 1.46. The standard InChI is InChI=1S/C22H24N4OS/c1-15-10-12-18(13-11-15)20-23-24-22(25(20)3)28-16(2)21(27)26-14-6-8-17-7-4-5-9-19(17)26/h4-5,7,9-13,16H,6,8,14H2,1-3H3. The third kappa shape index (κ3) is 3.56. The summed E-state index contributed by atoms with van der Waals surface area (Å²) in [5.74, 6) is 0.933. The first-order chi connectivity index (χ1) is 13.5. The molecule has 3 aromatic rings. The van der Waals surface area contributed by atoms with E-state index < -0.39 is 0 Å². The van der Waals surface area contributed by atoms with Crippen LogP contribution in [-0.4, -0.2) is 32.5 Å². The zero-order valence-electron chi connectivity index (χ0n) is 16.4. The third-order valence-electron chi connectivity index (χ3n) is 5.15. The molecular formula is C22H24N4OS. The fourth-order valence-electron chi connectivity index (χ4n) is 3.56. The van der Waals surface area contributed by atoms with Crippen molar-refractivity contribution in [2.45, 2.75) is 37.1 Å². The van der Waals surface area contributed by atoms with Gasteiger partial charge in [0.05, 0.1) is 5.25 Å². The van der Waals surface area contributed by atoms with Crippen molar-refractivity contribution in [3.8, 4) is 11.4 Å². The molecule has 1 amide bonds. The lowest BCUT2D eigenvalue weighted by Gasteiger charge is -2.31. The van der Waals surface area contributed by atoms with Crippen LogP contribution in [0.2, 0.25) is 0 Å². The van der Waals surface area contributed by atoms with E-state index in [1.165, 1.54) is 22.9 Å². The van der Waals surface area contributed by atoms with Gasteiger partial charge in [-0.15, -0.1) is 10.2 Å². The monoisotopic (exact) mass is 392 g/mol. The van der Waals surface area contributed by atoms with E-state index in [0.29, 0.717) is 0 Å². The molecule has 0 spiro atoms. The van der Waals surface area contributed by atoms with Gasteiger partial charge < -0.3 is 9.47 Å². The smallest absolute Gasteiger partial charge is 0.240 e. The van der Waals surface area contributed by atoms with Crippen LogP contribution in [0, 0.1) is 6.92 Å². The molecule has 0 fully saturated rings. The van der Waals surface area contributed by atoms with Crippen LogP contribution in [0.15, 0.2) is 53.7 Å². The van der Waals surface area contributed by atoms with Crippen molar-refractivity contribution in [3.63, 3.8) is 0 Å². The molecule has 1 aliphatic heterocycles. The van der Waals surface area contributed by atoms with Crippen molar-refractivity contribution < 1.29 is 4.79 Å². The maximum Gasteiger partial charge on any atom is 0.240 e. The molecule has 1 aromatic heterocycles. The molecule has 2 heterocycles. The van der Waals surface area contributed by atoms with E-state index in [4.69, 9.17) is 0 Å². The van der Waals surface area contributed by atoms with E-state index in [1.807, 2.05) is 53.8 Å². The highest BCUT2D eigenvalue weighted by Crippen LogP contribution is 2.31. The Hall–Kier alpha value is -2.60. The van der Waals surface area contributed by atoms with Crippen LogP contribution < -0.4 is 4.90 Å². The highest BCUT2D eigenvalue weighted by atomic mass is 32.2. The topological polar surface area (TPSA) is 51.0 Å². The van der Waals surface area contributed by atoms with Gasteiger partial charge in [-0.25, -0.2) is 0 Å². The Morgan fingerprint density at radius 1 is 1.11 bits per heavy atom. The number of hydrogen-bond acceptors (Lipinski definition) is 4. The van der Waals surface area contributed by atoms with Crippen LogP contribution in [0.4, 0.5) is 5.69 Å². The number of hydrogen-bond donors (Lipinski definition) is 0. The quantitative estimate of drug-likeness (QED) is 0.623. The zero-order valence-corrected chi connectivity index (χ0v) is 17.2. The van der Waals surface area contributed by atoms with Crippen LogP contribution in [0.5, 0.6) is 0 Å². The first-order valence-corrected chi connectivity index (χ1v) is 10.4. The molecule has 144 valence electrons. The highest BCUT2D eigenvalue weighted by Gasteiger charge is 2.28. The van der Waals surface area contributed by atoms with Gasteiger partial charge in [-0.1, -0.05) is 59.8 Å². The minimum Gasteiger partial charge on any atom is -0.311 e. The summed E-state index contributed by atoms with van der Waals surface area (Å²) in [6, 6.07) is 16.4. The van der Waals surface area contributed by atoms with Crippen LogP contribution in [-0.2, 0) is 18.3 Å². The first-order valence-electron chi connectivity index (χ1n) is 9.57. The fraction of sp³-hybridized carbons (Fsp3) is 0.318. The number of aromatic nitrogens is 3. The van der Waals surface area contributed by atoms with E-state index in [0.717, 1.165) is 41.6 Å². The Balaban J connectivity index is 1.52. The Morgan fingerprint density at radius 3 is 2.64 bits per heavy atom. The maximum atomic E-state index is 13.1. The van der Waals surface area contributed by atoms with Gasteiger partial charge >= 0.3 is 0 Å². The minimum absolute atomic E-state index is 0.122. The molecule has 0 saturated carbocycles. The Morgan fingerprint density at radius 2 is 1.86 bits per heavy atom. The van der Waals surface area contributed by atoms with Gasteiger partial charge in [0.2, 0.25) is 5.91 Å². The molecule has 1 unspecified atom stereocenters. The molecule has 28 heavy (non-hydrogen) atoms. The molecule has 1 atom stereocenters. The average molecular weight is 393 g/mol. The second-order valence-electron chi connectivity index (χ2n) is 7.21. The van der Waals surface area contributed by atoms with Crippen LogP contribution in [0.3, 0.4) is 0 Å². The van der Waals surface area contributed by atoms with E-state index in [2.05, 4.69) is 35.3 Å². The molecule has 6 heteroatoms. The molecule has 2 aromatic carbocycles. The van der Waals surface area contributed by atoms with Gasteiger partial charge in [0, 0.05) is 24.8 Å². The van der Waals surface area contributed by atoms with Gasteiger partial charge in [0.25, 0.3) is 0 Å². The normalized spacial score (nSPS) is 14.6. The number of benzene rings is 2. The fourth-order valence-corrected chi connectivity index (χ4v) is 4.44. The third-order valence-corrected chi connectivity index (χ3v) is 6.27. The summed E-state index contributed by atoms with van der Waals surface area (Å²) in [7, 11) is 1.95. The van der Waals surface area contributed by atoms with Gasteiger partial charge in [0.15, 0.2) is 11.0 Å². The lowest BCUT2D eigenvalue weighted by atomic mass is 10.0. The molecule has 0 N–H and O–H groups in total. The van der Waals surface area contributed by atoms with Crippen molar-refractivity contribution in [2.75, 3.05) is 11.4 Å². The van der Waals surface area contributed by atoms with Crippen LogP contribution in [0.1, 0.15) is 24.5 Å². The number of thioether (sulfide) groups is 1. The number of carbonyl (C=O) groups excluding carboxylic acids is 1. The van der Waals surface area contributed by atoms with Gasteiger partial charge in [-0.05, 0) is 38.3 Å². The number of para-hydroxylation sites is 1. The van der Waals surface area contributed by atoms with Crippen LogP contribution >= 0.6 is 11.8 Å². The zero-order chi connectivity index (χ0) is 19.7. The number of aryl methyl sites for hydroxylation is 2. The molecular weight excluding hydrogens is 368 g/mol. The predicted octanol–water partition coefficient (Wildman–Crippen LogP) is 4.25. The lowest BCUT2D eigenvalue weighted by molar-refractivity contribution is -0.117. The second-order valence-corrected chi connectivity index (χ2v) is 8.52. The molecule has 0 radical (unpaired) electrons. The Bertz CT molecular complexity index is 996. The molecule has 1 aliphatic rings. The second kappa shape index (κ2) is 7.80. The lowest BCUT2D eigenvalue weighted by Crippen LogP contribution is -2.40. The summed E-state index contributed by atoms with van der Waals surface area (Å²) in [6.07, 6.45) is 2.03. The highest BCUT2D eigenvalue weighted by molar-refractivity contribution is 8.00. The predicted molar refractivity (Wildman–Crippen MR) is 114 cm³/mol. The molecule has 4 rings (SSSR count). The van der Waals surface area contributed by atoms with Crippen molar-refractivity contribution in [1.82, 2.24) is 14.8 Å². The summed E-state index contributed by atoms with van der Waals surface area (Å²) in [5, 5.41) is 9.19. The van der Waals surface area contributed by atoms with Gasteiger partial charge in [-0.2, -0.15) is 0 Å². The SMILES string of the molecule is Cc1ccc(-c2nnc(SC(C)C(=O)N3CCCc4ccccc43)n2C)cc1. The number of nitrogens with zero attached hydrogens (tertiary/aromatic N) is 4. The van der Waals surface area contributed by atoms with E-state index in [-0.39, 0.29) is 11.2 Å². The van der Waals surface area contributed by atoms with E-state index >= 15 is 0 Å². The van der Waals surface area contributed by atoms with Gasteiger partial charge in [-0.3, -0.25) is 4.79 Å². The molecule has 0 saturated heterocycles. The molecule has 0 bridgehead atoms. The van der Waals surface area contributed by atoms with Crippen molar-refractivity contribution in [3.05, 3.63) is 59.7 Å². The number of carbonyl (C=O) groups is 1. The number of rotatable bonds is 4. The van der Waals surface area contributed by atoms with E-state index in [1.54, 1.807) is 0 Å². The first kappa shape index (κ1) is 18.7. The largest absolute Gasteiger partial charge is 0.311 e. The summed E-state index contributed by atoms with van der Waals surface area (Å²) in [6.45, 7) is 4.78. The number of amides is 1. The maximum absolute atomic E-state index is 13.1. The number of fused-ring (bicyclic) bond motifs is 1. The Labute approximate surface area is 169 Å². The molecule has 5 nitrogen and oxygen atoms in total. The Kier molecular flexibility index (Phi) is 5.22.